The largest absolute Gasteiger partial charge is 0.478 e. The summed E-state index contributed by atoms with van der Waals surface area (Å²) in [5.74, 6) is -0.841. The Kier molecular flexibility index (Phi) is 4.74. The van der Waals surface area contributed by atoms with Gasteiger partial charge in [-0.2, -0.15) is 0 Å². The number of aryl methyl sites for hydroxylation is 1. The predicted molar refractivity (Wildman–Crippen MR) is 69.7 cm³/mol. The minimum absolute atomic E-state index is 0.440. The van der Waals surface area contributed by atoms with Gasteiger partial charge in [-0.15, -0.1) is 0 Å². The van der Waals surface area contributed by atoms with Crippen LogP contribution >= 0.6 is 15.9 Å². The highest BCUT2D eigenvalue weighted by Crippen LogP contribution is 2.17. The quantitative estimate of drug-likeness (QED) is 0.674. The van der Waals surface area contributed by atoms with Crippen LogP contribution < -0.4 is 0 Å². The minimum atomic E-state index is -0.841. The molecule has 0 spiro atoms. The zero-order valence-corrected chi connectivity index (χ0v) is 11.0. The zero-order valence-electron chi connectivity index (χ0n) is 9.46. The summed E-state index contributed by atoms with van der Waals surface area (Å²) in [7, 11) is 0. The lowest BCUT2D eigenvalue weighted by molar-refractivity contribution is -0.132. The van der Waals surface area contributed by atoms with Crippen molar-refractivity contribution in [2.75, 3.05) is 0 Å². The van der Waals surface area contributed by atoms with Gasteiger partial charge in [0.15, 0.2) is 0 Å². The Hall–Kier alpha value is -1.09. The molecule has 3 heteroatoms. The van der Waals surface area contributed by atoms with Gasteiger partial charge in [0.2, 0.25) is 0 Å². The molecule has 0 amide bonds. The maximum atomic E-state index is 10.9. The van der Waals surface area contributed by atoms with Crippen LogP contribution in [0.2, 0.25) is 0 Å². The standard InChI is InChI=1S/C13H15BrO2/c1-3-11(13(15)16)7-12-5-4-10(8-14)6-9(12)2/h4-7H,3,8H2,1-2H3,(H,15,16). The molecule has 0 unspecified atom stereocenters. The topological polar surface area (TPSA) is 37.3 Å². The van der Waals surface area contributed by atoms with Crippen molar-refractivity contribution < 1.29 is 9.90 Å². The van der Waals surface area contributed by atoms with Gasteiger partial charge in [-0.1, -0.05) is 41.1 Å². The number of carboxylic acids is 1. The summed E-state index contributed by atoms with van der Waals surface area (Å²) in [6.45, 7) is 3.84. The summed E-state index contributed by atoms with van der Waals surface area (Å²) in [6, 6.07) is 6.03. The first-order valence-corrected chi connectivity index (χ1v) is 6.30. The van der Waals surface area contributed by atoms with Gasteiger partial charge < -0.3 is 5.11 Å². The molecule has 0 fully saturated rings. The van der Waals surface area contributed by atoms with Gasteiger partial charge in [0.1, 0.15) is 0 Å². The third-order valence-corrected chi connectivity index (χ3v) is 3.12. The van der Waals surface area contributed by atoms with E-state index >= 15 is 0 Å². The van der Waals surface area contributed by atoms with Crippen molar-refractivity contribution in [2.24, 2.45) is 0 Å². The normalized spacial score (nSPS) is 11.6. The van der Waals surface area contributed by atoms with Crippen LogP contribution in [-0.2, 0) is 10.1 Å². The van der Waals surface area contributed by atoms with Gasteiger partial charge in [-0.05, 0) is 36.1 Å². The van der Waals surface area contributed by atoms with Crippen LogP contribution in [0.5, 0.6) is 0 Å². The Morgan fingerprint density at radius 1 is 1.50 bits per heavy atom. The molecule has 2 nitrogen and oxygen atoms in total. The Labute approximate surface area is 104 Å². The molecule has 0 aromatic heterocycles. The number of hydrogen-bond donors (Lipinski definition) is 1. The van der Waals surface area contributed by atoms with Gasteiger partial charge in [-0.3, -0.25) is 0 Å². The second kappa shape index (κ2) is 5.85. The van der Waals surface area contributed by atoms with Crippen molar-refractivity contribution in [1.82, 2.24) is 0 Å². The van der Waals surface area contributed by atoms with Crippen molar-refractivity contribution in [2.45, 2.75) is 25.6 Å². The Morgan fingerprint density at radius 3 is 2.62 bits per heavy atom. The molecule has 16 heavy (non-hydrogen) atoms. The number of rotatable bonds is 4. The lowest BCUT2D eigenvalue weighted by Crippen LogP contribution is -1.99. The van der Waals surface area contributed by atoms with E-state index in [0.717, 1.165) is 16.5 Å². The van der Waals surface area contributed by atoms with Gasteiger partial charge in [0, 0.05) is 10.9 Å². The molecular formula is C13H15BrO2. The summed E-state index contributed by atoms with van der Waals surface area (Å²) in [5, 5.41) is 9.77. The maximum absolute atomic E-state index is 10.9. The fraction of sp³-hybridized carbons (Fsp3) is 0.308. The molecule has 0 saturated carbocycles. The highest BCUT2D eigenvalue weighted by atomic mass is 79.9. The van der Waals surface area contributed by atoms with Crippen molar-refractivity contribution >= 4 is 28.0 Å². The number of alkyl halides is 1. The fourth-order valence-corrected chi connectivity index (χ4v) is 1.83. The summed E-state index contributed by atoms with van der Waals surface area (Å²) >= 11 is 3.39. The van der Waals surface area contributed by atoms with E-state index in [1.807, 2.05) is 26.0 Å². The average molecular weight is 283 g/mol. The monoisotopic (exact) mass is 282 g/mol. The van der Waals surface area contributed by atoms with Gasteiger partial charge >= 0.3 is 5.97 Å². The molecule has 1 N–H and O–H groups in total. The first-order valence-electron chi connectivity index (χ1n) is 5.17. The molecule has 0 aliphatic rings. The van der Waals surface area contributed by atoms with E-state index in [0.29, 0.717) is 12.0 Å². The zero-order chi connectivity index (χ0) is 12.1. The van der Waals surface area contributed by atoms with Crippen molar-refractivity contribution in [3.8, 4) is 0 Å². The van der Waals surface area contributed by atoms with Crippen LogP contribution in [0.15, 0.2) is 23.8 Å². The van der Waals surface area contributed by atoms with Gasteiger partial charge in [0.25, 0.3) is 0 Å². The van der Waals surface area contributed by atoms with E-state index in [9.17, 15) is 4.79 Å². The Bertz CT molecular complexity index is 422. The van der Waals surface area contributed by atoms with Crippen molar-refractivity contribution in [1.29, 1.82) is 0 Å². The highest BCUT2D eigenvalue weighted by molar-refractivity contribution is 9.08. The number of halogens is 1. The van der Waals surface area contributed by atoms with E-state index in [1.165, 1.54) is 5.56 Å². The minimum Gasteiger partial charge on any atom is -0.478 e. The molecule has 0 aliphatic heterocycles. The van der Waals surface area contributed by atoms with E-state index < -0.39 is 5.97 Å². The first kappa shape index (κ1) is 13.0. The van der Waals surface area contributed by atoms with Crippen LogP contribution in [0.1, 0.15) is 30.0 Å². The molecule has 86 valence electrons. The van der Waals surface area contributed by atoms with E-state index in [1.54, 1.807) is 6.08 Å². The lowest BCUT2D eigenvalue weighted by Gasteiger charge is -2.04. The second-order valence-corrected chi connectivity index (χ2v) is 4.21. The van der Waals surface area contributed by atoms with Crippen LogP contribution in [0.4, 0.5) is 0 Å². The molecule has 0 atom stereocenters. The summed E-state index contributed by atoms with van der Waals surface area (Å²) in [5.41, 5.74) is 3.71. The molecule has 0 bridgehead atoms. The molecule has 0 aliphatic carbocycles. The molecular weight excluding hydrogens is 268 g/mol. The molecule has 0 heterocycles. The predicted octanol–water partition coefficient (Wildman–Crippen LogP) is 3.77. The smallest absolute Gasteiger partial charge is 0.331 e. The molecule has 0 saturated heterocycles. The number of carboxylic acid groups (broad SMARTS) is 1. The van der Waals surface area contributed by atoms with E-state index in [-0.39, 0.29) is 0 Å². The fourth-order valence-electron chi connectivity index (χ4n) is 1.49. The summed E-state index contributed by atoms with van der Waals surface area (Å²) in [6.07, 6.45) is 2.28. The van der Waals surface area contributed by atoms with E-state index in [4.69, 9.17) is 5.11 Å². The van der Waals surface area contributed by atoms with E-state index in [2.05, 4.69) is 22.0 Å². The second-order valence-electron chi connectivity index (χ2n) is 3.65. The first-order chi connectivity index (χ1) is 7.58. The molecule has 1 rings (SSSR count). The third kappa shape index (κ3) is 3.20. The van der Waals surface area contributed by atoms with Crippen LogP contribution in [0, 0.1) is 6.92 Å². The van der Waals surface area contributed by atoms with Crippen molar-refractivity contribution in [3.63, 3.8) is 0 Å². The number of benzene rings is 1. The maximum Gasteiger partial charge on any atom is 0.331 e. The number of hydrogen-bond acceptors (Lipinski definition) is 1. The van der Waals surface area contributed by atoms with Gasteiger partial charge in [-0.25, -0.2) is 4.79 Å². The summed E-state index contributed by atoms with van der Waals surface area (Å²) < 4.78 is 0. The molecule has 0 radical (unpaired) electrons. The Morgan fingerprint density at radius 2 is 2.19 bits per heavy atom. The highest BCUT2D eigenvalue weighted by Gasteiger charge is 2.05. The SMILES string of the molecule is CCC(=Cc1ccc(CBr)cc1C)C(=O)O. The van der Waals surface area contributed by atoms with Gasteiger partial charge in [0.05, 0.1) is 0 Å². The van der Waals surface area contributed by atoms with Crippen LogP contribution in [0.25, 0.3) is 6.08 Å². The molecule has 1 aromatic rings. The Balaban J connectivity index is 3.10. The number of aliphatic carboxylic acids is 1. The van der Waals surface area contributed by atoms with Crippen LogP contribution in [-0.4, -0.2) is 11.1 Å². The number of carbonyl (C=O) groups is 1. The van der Waals surface area contributed by atoms with Crippen LogP contribution in [0.3, 0.4) is 0 Å². The third-order valence-electron chi connectivity index (χ3n) is 2.47. The lowest BCUT2D eigenvalue weighted by atomic mass is 10.0. The average Bonchev–Trinajstić information content (AvgIpc) is 2.26. The summed E-state index contributed by atoms with van der Waals surface area (Å²) in [4.78, 5) is 10.9. The van der Waals surface area contributed by atoms with Crippen molar-refractivity contribution in [3.05, 3.63) is 40.5 Å². The molecule has 1 aromatic carbocycles.